The summed E-state index contributed by atoms with van der Waals surface area (Å²) in [5.74, 6) is 0.648. The minimum Gasteiger partial charge on any atom is -0.372 e. The Kier molecular flexibility index (Phi) is 2.03. The average molecular weight is 189 g/mol. The minimum atomic E-state index is 0.348. The van der Waals surface area contributed by atoms with E-state index in [2.05, 4.69) is 29.6 Å². The molecule has 1 aromatic carbocycles. The number of benzene rings is 1. The van der Waals surface area contributed by atoms with Gasteiger partial charge in [-0.15, -0.1) is 0 Å². The second-order valence-electron chi connectivity index (χ2n) is 4.16. The van der Waals surface area contributed by atoms with Crippen LogP contribution in [0.1, 0.15) is 17.2 Å². The van der Waals surface area contributed by atoms with Crippen molar-refractivity contribution in [3.8, 4) is 0 Å². The highest BCUT2D eigenvalue weighted by Gasteiger charge is 2.33. The molecule has 0 radical (unpaired) electrons. The standard InChI is InChI=1S/C12H15NO/c1-2-4-11-9(3-1)7-10-8-13-5-6-14-12(10)11/h1-4,10,12-13H,5-8H2. The van der Waals surface area contributed by atoms with E-state index in [0.29, 0.717) is 12.0 Å². The predicted octanol–water partition coefficient (Wildman–Crippen LogP) is 1.52. The van der Waals surface area contributed by atoms with Crippen molar-refractivity contribution in [3.05, 3.63) is 35.4 Å². The van der Waals surface area contributed by atoms with Gasteiger partial charge in [0.05, 0.1) is 12.7 Å². The largest absolute Gasteiger partial charge is 0.372 e. The molecule has 1 fully saturated rings. The van der Waals surface area contributed by atoms with Crippen molar-refractivity contribution in [1.29, 1.82) is 0 Å². The first-order chi connectivity index (χ1) is 6.95. The summed E-state index contributed by atoms with van der Waals surface area (Å²) in [6, 6.07) is 8.68. The van der Waals surface area contributed by atoms with Crippen LogP contribution in [0.3, 0.4) is 0 Å². The van der Waals surface area contributed by atoms with E-state index in [1.807, 2.05) is 0 Å². The molecule has 0 spiro atoms. The second kappa shape index (κ2) is 3.37. The van der Waals surface area contributed by atoms with Crippen LogP contribution in [0.5, 0.6) is 0 Å². The summed E-state index contributed by atoms with van der Waals surface area (Å²) in [6.45, 7) is 2.93. The number of nitrogens with one attached hydrogen (secondary N) is 1. The molecule has 1 heterocycles. The fraction of sp³-hybridized carbons (Fsp3) is 0.500. The maximum Gasteiger partial charge on any atom is 0.0871 e. The quantitative estimate of drug-likeness (QED) is 0.668. The van der Waals surface area contributed by atoms with Gasteiger partial charge in [-0.1, -0.05) is 24.3 Å². The Morgan fingerprint density at radius 2 is 2.21 bits per heavy atom. The molecule has 1 aromatic rings. The molecule has 2 unspecified atom stereocenters. The van der Waals surface area contributed by atoms with Crippen LogP contribution in [-0.2, 0) is 11.2 Å². The van der Waals surface area contributed by atoms with Crippen molar-refractivity contribution >= 4 is 0 Å². The molecule has 2 heteroatoms. The molecule has 1 N–H and O–H groups in total. The fourth-order valence-corrected chi connectivity index (χ4v) is 2.59. The van der Waals surface area contributed by atoms with Gasteiger partial charge >= 0.3 is 0 Å². The maximum absolute atomic E-state index is 5.89. The van der Waals surface area contributed by atoms with E-state index >= 15 is 0 Å². The molecule has 2 aliphatic rings. The number of fused-ring (bicyclic) bond motifs is 3. The van der Waals surface area contributed by atoms with Crippen molar-refractivity contribution in [1.82, 2.24) is 5.32 Å². The monoisotopic (exact) mass is 189 g/mol. The van der Waals surface area contributed by atoms with Crippen LogP contribution in [0.4, 0.5) is 0 Å². The first kappa shape index (κ1) is 8.45. The van der Waals surface area contributed by atoms with Gasteiger partial charge in [-0.3, -0.25) is 0 Å². The summed E-state index contributed by atoms with van der Waals surface area (Å²) in [4.78, 5) is 0. The van der Waals surface area contributed by atoms with E-state index in [1.54, 1.807) is 0 Å². The third-order valence-corrected chi connectivity index (χ3v) is 3.25. The molecule has 2 atom stereocenters. The molecule has 1 aliphatic carbocycles. The Morgan fingerprint density at radius 1 is 1.29 bits per heavy atom. The van der Waals surface area contributed by atoms with Gasteiger partial charge in [0.25, 0.3) is 0 Å². The summed E-state index contributed by atoms with van der Waals surface area (Å²) >= 11 is 0. The van der Waals surface area contributed by atoms with E-state index in [4.69, 9.17) is 4.74 Å². The molecule has 14 heavy (non-hydrogen) atoms. The highest BCUT2D eigenvalue weighted by Crippen LogP contribution is 2.38. The lowest BCUT2D eigenvalue weighted by Gasteiger charge is -2.16. The average Bonchev–Trinajstić information content (AvgIpc) is 2.42. The molecule has 3 rings (SSSR count). The lowest BCUT2D eigenvalue weighted by molar-refractivity contribution is 0.0405. The summed E-state index contributed by atoms with van der Waals surface area (Å²) in [5, 5.41) is 3.43. The van der Waals surface area contributed by atoms with Gasteiger partial charge in [0.2, 0.25) is 0 Å². The second-order valence-corrected chi connectivity index (χ2v) is 4.16. The zero-order valence-corrected chi connectivity index (χ0v) is 8.20. The SMILES string of the molecule is c1ccc2c(c1)CC1CNCCOC21. The number of hydrogen-bond acceptors (Lipinski definition) is 2. The Morgan fingerprint density at radius 3 is 3.21 bits per heavy atom. The maximum atomic E-state index is 5.89. The van der Waals surface area contributed by atoms with Gasteiger partial charge < -0.3 is 10.1 Å². The molecule has 1 aliphatic heterocycles. The van der Waals surface area contributed by atoms with Crippen molar-refractivity contribution < 1.29 is 4.74 Å². The Bertz CT molecular complexity index is 337. The lowest BCUT2D eigenvalue weighted by atomic mass is 10.0. The number of ether oxygens (including phenoxy) is 1. The van der Waals surface area contributed by atoms with Gasteiger partial charge in [-0.25, -0.2) is 0 Å². The topological polar surface area (TPSA) is 21.3 Å². The van der Waals surface area contributed by atoms with Crippen LogP contribution in [0.15, 0.2) is 24.3 Å². The first-order valence-corrected chi connectivity index (χ1v) is 5.35. The van der Waals surface area contributed by atoms with Crippen LogP contribution < -0.4 is 5.32 Å². The normalized spacial score (nSPS) is 30.6. The zero-order chi connectivity index (χ0) is 9.38. The smallest absolute Gasteiger partial charge is 0.0871 e. The third-order valence-electron chi connectivity index (χ3n) is 3.25. The van der Waals surface area contributed by atoms with Gasteiger partial charge in [0, 0.05) is 19.0 Å². The van der Waals surface area contributed by atoms with Gasteiger partial charge in [-0.05, 0) is 17.5 Å². The van der Waals surface area contributed by atoms with E-state index in [0.717, 1.165) is 19.7 Å². The van der Waals surface area contributed by atoms with E-state index in [1.165, 1.54) is 17.5 Å². The molecule has 1 saturated heterocycles. The lowest BCUT2D eigenvalue weighted by Crippen LogP contribution is -2.22. The molecule has 0 saturated carbocycles. The van der Waals surface area contributed by atoms with Crippen LogP contribution in [0.2, 0.25) is 0 Å². The van der Waals surface area contributed by atoms with Gasteiger partial charge in [0.15, 0.2) is 0 Å². The van der Waals surface area contributed by atoms with Crippen molar-refractivity contribution in [3.63, 3.8) is 0 Å². The van der Waals surface area contributed by atoms with Gasteiger partial charge in [-0.2, -0.15) is 0 Å². The van der Waals surface area contributed by atoms with Crippen LogP contribution in [0.25, 0.3) is 0 Å². The van der Waals surface area contributed by atoms with Crippen molar-refractivity contribution in [2.45, 2.75) is 12.5 Å². The summed E-state index contributed by atoms with van der Waals surface area (Å²) in [7, 11) is 0. The molecule has 0 aromatic heterocycles. The molecular formula is C12H15NO. The van der Waals surface area contributed by atoms with E-state index < -0.39 is 0 Å². The van der Waals surface area contributed by atoms with Crippen LogP contribution >= 0.6 is 0 Å². The summed E-state index contributed by atoms with van der Waals surface area (Å²) in [5.41, 5.74) is 2.90. The number of rotatable bonds is 0. The van der Waals surface area contributed by atoms with E-state index in [9.17, 15) is 0 Å². The summed E-state index contributed by atoms with van der Waals surface area (Å²) in [6.07, 6.45) is 1.52. The first-order valence-electron chi connectivity index (χ1n) is 5.35. The predicted molar refractivity (Wildman–Crippen MR) is 55.2 cm³/mol. The Hall–Kier alpha value is -0.860. The van der Waals surface area contributed by atoms with Crippen molar-refractivity contribution in [2.24, 2.45) is 5.92 Å². The number of hydrogen-bond donors (Lipinski definition) is 1. The third kappa shape index (κ3) is 1.26. The molecule has 0 amide bonds. The molecular weight excluding hydrogens is 174 g/mol. The highest BCUT2D eigenvalue weighted by atomic mass is 16.5. The van der Waals surface area contributed by atoms with Crippen molar-refractivity contribution in [2.75, 3.05) is 19.7 Å². The summed E-state index contributed by atoms with van der Waals surface area (Å²) < 4.78 is 5.89. The molecule has 0 bridgehead atoms. The molecule has 74 valence electrons. The Labute approximate surface area is 84.3 Å². The van der Waals surface area contributed by atoms with Gasteiger partial charge in [0.1, 0.15) is 0 Å². The minimum absolute atomic E-state index is 0.348. The van der Waals surface area contributed by atoms with Crippen LogP contribution in [0, 0.1) is 5.92 Å². The fourth-order valence-electron chi connectivity index (χ4n) is 2.59. The van der Waals surface area contributed by atoms with E-state index in [-0.39, 0.29) is 0 Å². The van der Waals surface area contributed by atoms with Crippen LogP contribution in [-0.4, -0.2) is 19.7 Å². The zero-order valence-electron chi connectivity index (χ0n) is 8.20. The Balaban J connectivity index is 1.96. The molecule has 2 nitrogen and oxygen atoms in total. The highest BCUT2D eigenvalue weighted by molar-refractivity contribution is 5.35.